The third kappa shape index (κ3) is 3.23. The van der Waals surface area contributed by atoms with Crippen molar-refractivity contribution in [3.05, 3.63) is 54.9 Å². The minimum Gasteiger partial charge on any atom is -0.471 e. The highest BCUT2D eigenvalue weighted by Gasteiger charge is 2.52. The van der Waals surface area contributed by atoms with Crippen LogP contribution in [0.25, 0.3) is 33.4 Å². The first kappa shape index (κ1) is 18.4. The molecule has 7 nitrogen and oxygen atoms in total. The lowest BCUT2D eigenvalue weighted by atomic mass is 9.92. The van der Waals surface area contributed by atoms with E-state index < -0.39 is 0 Å². The number of nitrogens with zero attached hydrogens (tertiary/aromatic N) is 4. The lowest BCUT2D eigenvalue weighted by molar-refractivity contribution is 0.0844. The summed E-state index contributed by atoms with van der Waals surface area (Å²) in [6.07, 6.45) is 9.81. The zero-order chi connectivity index (χ0) is 20.8. The van der Waals surface area contributed by atoms with E-state index in [0.29, 0.717) is 28.2 Å². The molecule has 0 radical (unpaired) electrons. The molecule has 1 atom stereocenters. The summed E-state index contributed by atoms with van der Waals surface area (Å²) in [6, 6.07) is 7.32. The molecule has 2 aliphatic rings. The third-order valence-corrected chi connectivity index (χ3v) is 6.47. The van der Waals surface area contributed by atoms with E-state index in [0.717, 1.165) is 36.0 Å². The van der Waals surface area contributed by atoms with Gasteiger partial charge in [0, 0.05) is 29.1 Å². The summed E-state index contributed by atoms with van der Waals surface area (Å²) in [6.45, 7) is 1.88. The molecule has 4 aromatic rings. The van der Waals surface area contributed by atoms with Crippen molar-refractivity contribution < 1.29 is 9.13 Å². The highest BCUT2D eigenvalue weighted by molar-refractivity contribution is 5.94. The fourth-order valence-electron chi connectivity index (χ4n) is 4.50. The number of fused-ring (bicyclic) bond motifs is 1. The number of ether oxygens (including phenoxy) is 1. The van der Waals surface area contributed by atoms with Crippen molar-refractivity contribution >= 4 is 10.9 Å². The molecule has 0 bridgehead atoms. The van der Waals surface area contributed by atoms with E-state index in [1.165, 1.54) is 19.0 Å². The Balaban J connectivity index is 1.35. The van der Waals surface area contributed by atoms with Crippen LogP contribution in [0.4, 0.5) is 4.39 Å². The van der Waals surface area contributed by atoms with Crippen LogP contribution in [0.3, 0.4) is 0 Å². The van der Waals surface area contributed by atoms with Gasteiger partial charge < -0.3 is 10.1 Å². The number of aromatic nitrogens is 5. The van der Waals surface area contributed by atoms with Crippen molar-refractivity contribution in [1.29, 1.82) is 0 Å². The van der Waals surface area contributed by atoms with Gasteiger partial charge in [-0.25, -0.2) is 9.37 Å². The molecule has 3 aromatic heterocycles. The van der Waals surface area contributed by atoms with Gasteiger partial charge in [0.25, 0.3) is 0 Å². The number of hydrogen-bond donors (Lipinski definition) is 2. The second-order valence-corrected chi connectivity index (χ2v) is 8.35. The van der Waals surface area contributed by atoms with Gasteiger partial charge in [0.15, 0.2) is 0 Å². The van der Waals surface area contributed by atoms with Crippen molar-refractivity contribution in [1.82, 2.24) is 30.5 Å². The number of rotatable bonds is 4. The van der Waals surface area contributed by atoms with Gasteiger partial charge in [-0.1, -0.05) is 6.07 Å². The second kappa shape index (κ2) is 7.09. The average Bonchev–Trinajstić information content (AvgIpc) is 3.44. The Morgan fingerprint density at radius 3 is 2.87 bits per heavy atom. The number of nitrogens with one attached hydrogen (secondary N) is 2. The minimum atomic E-state index is -0.364. The Hall–Kier alpha value is -3.39. The molecule has 0 unspecified atom stereocenters. The molecule has 1 aliphatic carbocycles. The lowest BCUT2D eigenvalue weighted by Gasteiger charge is -2.32. The number of pyridine rings is 1. The number of aromatic amines is 1. The maximum Gasteiger partial charge on any atom is 0.233 e. The predicted molar refractivity (Wildman–Crippen MR) is 114 cm³/mol. The van der Waals surface area contributed by atoms with E-state index in [1.54, 1.807) is 24.7 Å². The number of H-pyrrole nitrogens is 1. The Morgan fingerprint density at radius 2 is 2.00 bits per heavy atom. The van der Waals surface area contributed by atoms with Crippen LogP contribution in [0.1, 0.15) is 19.3 Å². The molecule has 31 heavy (non-hydrogen) atoms. The Kier molecular flexibility index (Phi) is 4.21. The number of benzene rings is 1. The van der Waals surface area contributed by atoms with Gasteiger partial charge in [0.05, 0.1) is 24.1 Å². The van der Waals surface area contributed by atoms with Crippen LogP contribution in [0.5, 0.6) is 5.88 Å². The first-order chi connectivity index (χ1) is 15.2. The zero-order valence-electron chi connectivity index (χ0n) is 16.8. The van der Waals surface area contributed by atoms with Gasteiger partial charge in [0.2, 0.25) is 5.88 Å². The quantitative estimate of drug-likeness (QED) is 0.527. The first-order valence-corrected chi connectivity index (χ1v) is 10.5. The summed E-state index contributed by atoms with van der Waals surface area (Å²) in [4.78, 5) is 12.9. The lowest BCUT2D eigenvalue weighted by Crippen LogP contribution is -2.45. The van der Waals surface area contributed by atoms with E-state index in [2.05, 4.69) is 25.5 Å². The summed E-state index contributed by atoms with van der Waals surface area (Å²) < 4.78 is 20.5. The Morgan fingerprint density at radius 1 is 1.06 bits per heavy atom. The average molecular weight is 416 g/mol. The van der Waals surface area contributed by atoms with Crippen molar-refractivity contribution in [2.24, 2.45) is 5.41 Å². The number of halogens is 1. The monoisotopic (exact) mass is 416 g/mol. The maximum absolute atomic E-state index is 14.2. The summed E-state index contributed by atoms with van der Waals surface area (Å²) in [7, 11) is 0. The fourth-order valence-corrected chi connectivity index (χ4v) is 4.50. The van der Waals surface area contributed by atoms with E-state index in [1.807, 2.05) is 18.2 Å². The molecule has 2 fully saturated rings. The summed E-state index contributed by atoms with van der Waals surface area (Å²) in [5, 5.41) is 11.7. The van der Waals surface area contributed by atoms with Crippen LogP contribution in [-0.2, 0) is 0 Å². The molecule has 1 aromatic carbocycles. The largest absolute Gasteiger partial charge is 0.471 e. The molecule has 1 aliphatic heterocycles. The van der Waals surface area contributed by atoms with E-state index in [-0.39, 0.29) is 11.9 Å². The van der Waals surface area contributed by atoms with Crippen molar-refractivity contribution in [2.45, 2.75) is 25.4 Å². The van der Waals surface area contributed by atoms with Gasteiger partial charge in [-0.15, -0.1) is 0 Å². The molecule has 4 heterocycles. The standard InChI is InChI=1S/C23H21FN6O/c24-17-10-25-7-3-15(17)14-1-2-18-16(9-14)22(30-29-18)19-11-27-13-21(28-19)31-20-12-26-8-6-23(20)4-5-23/h1-3,7,9-11,13,20,26H,4-6,8,12H2,(H,29,30)/t20-/m0/s1. The smallest absolute Gasteiger partial charge is 0.233 e. The van der Waals surface area contributed by atoms with Gasteiger partial charge in [0.1, 0.15) is 23.3 Å². The molecule has 1 spiro atoms. The number of hydrogen-bond acceptors (Lipinski definition) is 6. The Labute approximate surface area is 178 Å². The van der Waals surface area contributed by atoms with Crippen molar-refractivity contribution in [2.75, 3.05) is 13.1 Å². The number of piperidine rings is 1. The van der Waals surface area contributed by atoms with Gasteiger partial charge >= 0.3 is 0 Å². The van der Waals surface area contributed by atoms with Gasteiger partial charge in [-0.3, -0.25) is 15.1 Å². The maximum atomic E-state index is 14.2. The third-order valence-electron chi connectivity index (χ3n) is 6.47. The zero-order valence-corrected chi connectivity index (χ0v) is 16.8. The summed E-state index contributed by atoms with van der Waals surface area (Å²) in [5.74, 6) is 0.141. The molecular formula is C23H21FN6O. The van der Waals surface area contributed by atoms with Crippen LogP contribution >= 0.6 is 0 Å². The summed E-state index contributed by atoms with van der Waals surface area (Å²) in [5.41, 5.74) is 3.66. The van der Waals surface area contributed by atoms with E-state index in [4.69, 9.17) is 9.72 Å². The molecule has 8 heteroatoms. The highest BCUT2D eigenvalue weighted by Crippen LogP contribution is 2.53. The van der Waals surface area contributed by atoms with Crippen molar-refractivity contribution in [3.63, 3.8) is 0 Å². The van der Waals surface area contributed by atoms with E-state index >= 15 is 0 Å². The van der Waals surface area contributed by atoms with Crippen molar-refractivity contribution in [3.8, 4) is 28.4 Å². The second-order valence-electron chi connectivity index (χ2n) is 8.35. The highest BCUT2D eigenvalue weighted by atomic mass is 19.1. The predicted octanol–water partition coefficient (Wildman–Crippen LogP) is 3.74. The van der Waals surface area contributed by atoms with Gasteiger partial charge in [-0.05, 0) is 49.6 Å². The first-order valence-electron chi connectivity index (χ1n) is 10.5. The molecule has 0 amide bonds. The topological polar surface area (TPSA) is 88.6 Å². The van der Waals surface area contributed by atoms with Crippen LogP contribution in [0.2, 0.25) is 0 Å². The van der Waals surface area contributed by atoms with E-state index in [9.17, 15) is 4.39 Å². The molecule has 2 N–H and O–H groups in total. The van der Waals surface area contributed by atoms with Gasteiger partial charge in [-0.2, -0.15) is 5.10 Å². The van der Waals surface area contributed by atoms with Crippen LogP contribution < -0.4 is 10.1 Å². The van der Waals surface area contributed by atoms with Crippen LogP contribution in [0, 0.1) is 11.2 Å². The fraction of sp³-hybridized carbons (Fsp3) is 0.304. The SMILES string of the molecule is Fc1cnccc1-c1ccc2[nH]nc(-c3cncc(O[C@H]4CNCCC45CC5)n3)c2c1. The van der Waals surface area contributed by atoms with Crippen LogP contribution in [-0.4, -0.2) is 44.3 Å². The minimum absolute atomic E-state index is 0.114. The van der Waals surface area contributed by atoms with Crippen LogP contribution in [0.15, 0.2) is 49.1 Å². The molecule has 1 saturated carbocycles. The molecule has 1 saturated heterocycles. The Bertz CT molecular complexity index is 1270. The molecule has 6 rings (SSSR count). The normalized spacial score (nSPS) is 19.6. The molecule has 156 valence electrons. The summed E-state index contributed by atoms with van der Waals surface area (Å²) >= 11 is 0. The molecular weight excluding hydrogens is 395 g/mol.